The Morgan fingerprint density at radius 2 is 2.10 bits per heavy atom. The van der Waals surface area contributed by atoms with Gasteiger partial charge < -0.3 is 10.1 Å². The van der Waals surface area contributed by atoms with Gasteiger partial charge in [0.1, 0.15) is 16.1 Å². The molecule has 0 atom stereocenters. The van der Waals surface area contributed by atoms with Gasteiger partial charge in [0.25, 0.3) is 10.0 Å². The standard InChI is InChI=1S/C20H19FN4O3S2/c1-13-8-15(21)9-17-19(13)23-11-14(10-22)20(17)24-12-16-2-3-18(29-16)30(26,27)25-4-6-28-7-5-25/h2-3,8-9,11H,4-7,12H2,1H3,(H,23,24). The lowest BCUT2D eigenvalue weighted by molar-refractivity contribution is 0.0731. The molecule has 0 radical (unpaired) electrons. The third-order valence-corrected chi connectivity index (χ3v) is 8.34. The van der Waals surface area contributed by atoms with Gasteiger partial charge in [-0.05, 0) is 36.8 Å². The van der Waals surface area contributed by atoms with Gasteiger partial charge in [-0.3, -0.25) is 4.98 Å². The van der Waals surface area contributed by atoms with Crippen LogP contribution in [-0.2, 0) is 21.3 Å². The van der Waals surface area contributed by atoms with Crippen LogP contribution in [-0.4, -0.2) is 44.0 Å². The highest BCUT2D eigenvalue weighted by molar-refractivity contribution is 7.91. The van der Waals surface area contributed by atoms with Crippen LogP contribution >= 0.6 is 11.3 Å². The number of aromatic nitrogens is 1. The average molecular weight is 447 g/mol. The summed E-state index contributed by atoms with van der Waals surface area (Å²) in [4.78, 5) is 5.06. The summed E-state index contributed by atoms with van der Waals surface area (Å²) in [5.74, 6) is -0.407. The summed E-state index contributed by atoms with van der Waals surface area (Å²) in [6.45, 7) is 3.52. The van der Waals surface area contributed by atoms with E-state index in [0.29, 0.717) is 60.6 Å². The maximum absolute atomic E-state index is 14.0. The molecule has 156 valence electrons. The minimum Gasteiger partial charge on any atom is -0.379 e. The molecule has 1 fully saturated rings. The number of pyridine rings is 1. The number of aryl methyl sites for hydroxylation is 1. The molecule has 1 aromatic carbocycles. The first-order chi connectivity index (χ1) is 14.4. The number of ether oxygens (including phenoxy) is 1. The third kappa shape index (κ3) is 3.89. The predicted molar refractivity (Wildman–Crippen MR) is 112 cm³/mol. The fraction of sp³-hybridized carbons (Fsp3) is 0.300. The first-order valence-electron chi connectivity index (χ1n) is 9.29. The number of rotatable bonds is 5. The Hall–Kier alpha value is -2.58. The van der Waals surface area contributed by atoms with E-state index in [1.165, 1.54) is 34.0 Å². The van der Waals surface area contributed by atoms with Crippen molar-refractivity contribution in [2.24, 2.45) is 0 Å². The molecule has 30 heavy (non-hydrogen) atoms. The van der Waals surface area contributed by atoms with Crippen LogP contribution in [0.5, 0.6) is 0 Å². The molecule has 2 aromatic heterocycles. The monoisotopic (exact) mass is 446 g/mol. The van der Waals surface area contributed by atoms with E-state index in [9.17, 15) is 18.1 Å². The molecule has 1 aliphatic rings. The van der Waals surface area contributed by atoms with Gasteiger partial charge in [0, 0.05) is 36.1 Å². The molecule has 0 amide bonds. The lowest BCUT2D eigenvalue weighted by Crippen LogP contribution is -2.40. The average Bonchev–Trinajstić information content (AvgIpc) is 3.22. The molecule has 4 rings (SSSR count). The number of morpholine rings is 1. The van der Waals surface area contributed by atoms with Gasteiger partial charge in [0.15, 0.2) is 0 Å². The van der Waals surface area contributed by atoms with Crippen LogP contribution in [0.4, 0.5) is 10.1 Å². The molecule has 0 bridgehead atoms. The first kappa shape index (κ1) is 20.7. The quantitative estimate of drug-likeness (QED) is 0.646. The molecule has 0 spiro atoms. The van der Waals surface area contributed by atoms with Crippen molar-refractivity contribution in [3.8, 4) is 6.07 Å². The Labute approximate surface area is 177 Å². The van der Waals surface area contributed by atoms with Crippen molar-refractivity contribution in [1.29, 1.82) is 5.26 Å². The van der Waals surface area contributed by atoms with Gasteiger partial charge in [-0.25, -0.2) is 12.8 Å². The number of hydrogen-bond donors (Lipinski definition) is 1. The number of anilines is 1. The molecule has 3 aromatic rings. The molecule has 0 aliphatic carbocycles. The third-order valence-electron chi connectivity index (χ3n) is 4.89. The second kappa shape index (κ2) is 8.28. The summed E-state index contributed by atoms with van der Waals surface area (Å²) in [6, 6.07) is 8.15. The molecule has 1 aliphatic heterocycles. The highest BCUT2D eigenvalue weighted by Gasteiger charge is 2.27. The maximum atomic E-state index is 14.0. The zero-order valence-electron chi connectivity index (χ0n) is 16.2. The van der Waals surface area contributed by atoms with Crippen molar-refractivity contribution in [1.82, 2.24) is 9.29 Å². The summed E-state index contributed by atoms with van der Waals surface area (Å²) < 4.78 is 46.5. The Balaban J connectivity index is 1.60. The Kier molecular flexibility index (Phi) is 5.71. The lowest BCUT2D eigenvalue weighted by atomic mass is 10.1. The number of nitriles is 1. The van der Waals surface area contributed by atoms with Gasteiger partial charge >= 0.3 is 0 Å². The summed E-state index contributed by atoms with van der Waals surface area (Å²) in [5.41, 5.74) is 2.06. The van der Waals surface area contributed by atoms with Crippen molar-refractivity contribution in [3.05, 3.63) is 52.3 Å². The number of nitrogens with zero attached hydrogens (tertiary/aromatic N) is 3. The molecule has 3 heterocycles. The molecule has 0 saturated carbocycles. The van der Waals surface area contributed by atoms with Crippen LogP contribution in [0.3, 0.4) is 0 Å². The minimum absolute atomic E-state index is 0.267. The van der Waals surface area contributed by atoms with Crippen molar-refractivity contribution in [2.75, 3.05) is 31.6 Å². The van der Waals surface area contributed by atoms with E-state index in [1.807, 2.05) is 0 Å². The summed E-state index contributed by atoms with van der Waals surface area (Å²) >= 11 is 1.17. The van der Waals surface area contributed by atoms with Gasteiger partial charge in [-0.1, -0.05) is 0 Å². The van der Waals surface area contributed by atoms with E-state index in [4.69, 9.17) is 4.74 Å². The van der Waals surface area contributed by atoms with Crippen LogP contribution in [0.1, 0.15) is 16.0 Å². The number of hydrogen-bond acceptors (Lipinski definition) is 7. The molecule has 0 unspecified atom stereocenters. The second-order valence-electron chi connectivity index (χ2n) is 6.87. The largest absolute Gasteiger partial charge is 0.379 e. The number of thiophene rings is 1. The van der Waals surface area contributed by atoms with Gasteiger partial charge in [-0.2, -0.15) is 9.57 Å². The van der Waals surface area contributed by atoms with E-state index >= 15 is 0 Å². The highest BCUT2D eigenvalue weighted by atomic mass is 32.2. The Bertz CT molecular complexity index is 1240. The molecule has 7 nitrogen and oxygen atoms in total. The maximum Gasteiger partial charge on any atom is 0.252 e. The normalized spacial score (nSPS) is 15.2. The van der Waals surface area contributed by atoms with E-state index in [-0.39, 0.29) is 4.21 Å². The van der Waals surface area contributed by atoms with Crippen molar-refractivity contribution in [3.63, 3.8) is 0 Å². The number of sulfonamides is 1. The smallest absolute Gasteiger partial charge is 0.252 e. The summed E-state index contributed by atoms with van der Waals surface area (Å²) in [6.07, 6.45) is 1.46. The number of fused-ring (bicyclic) bond motifs is 1. The van der Waals surface area contributed by atoms with E-state index in [2.05, 4.69) is 16.4 Å². The van der Waals surface area contributed by atoms with Crippen LogP contribution in [0, 0.1) is 24.1 Å². The molecular formula is C20H19FN4O3S2. The molecule has 1 saturated heterocycles. The van der Waals surface area contributed by atoms with Crippen molar-refractivity contribution < 1.29 is 17.5 Å². The minimum atomic E-state index is -3.55. The SMILES string of the molecule is Cc1cc(F)cc2c(NCc3ccc(S(=O)(=O)N4CCOCC4)s3)c(C#N)cnc12. The molecular weight excluding hydrogens is 427 g/mol. The summed E-state index contributed by atoms with van der Waals surface area (Å²) in [5, 5.41) is 13.1. The van der Waals surface area contributed by atoms with Crippen molar-refractivity contribution >= 4 is 38.0 Å². The zero-order valence-corrected chi connectivity index (χ0v) is 17.8. The topological polar surface area (TPSA) is 95.3 Å². The van der Waals surface area contributed by atoms with Gasteiger partial charge in [-0.15, -0.1) is 11.3 Å². The van der Waals surface area contributed by atoms with Crippen LogP contribution in [0.15, 0.2) is 34.7 Å². The summed E-state index contributed by atoms with van der Waals surface area (Å²) in [7, 11) is -3.55. The number of nitrogens with one attached hydrogen (secondary N) is 1. The van der Waals surface area contributed by atoms with Crippen molar-refractivity contribution in [2.45, 2.75) is 17.7 Å². The van der Waals surface area contributed by atoms with Crippen LogP contribution in [0.25, 0.3) is 10.9 Å². The van der Waals surface area contributed by atoms with E-state index in [0.717, 1.165) is 4.88 Å². The highest BCUT2D eigenvalue weighted by Crippen LogP contribution is 2.31. The molecule has 1 N–H and O–H groups in total. The number of benzene rings is 1. The zero-order chi connectivity index (χ0) is 21.3. The molecule has 10 heteroatoms. The van der Waals surface area contributed by atoms with E-state index in [1.54, 1.807) is 19.1 Å². The second-order valence-corrected chi connectivity index (χ2v) is 10.2. The fourth-order valence-electron chi connectivity index (χ4n) is 3.39. The predicted octanol–water partition coefficient (Wildman–Crippen LogP) is 3.25. The van der Waals surface area contributed by atoms with Gasteiger partial charge in [0.05, 0.1) is 30.0 Å². The van der Waals surface area contributed by atoms with Gasteiger partial charge in [0.2, 0.25) is 0 Å². The van der Waals surface area contributed by atoms with E-state index < -0.39 is 15.8 Å². The van der Waals surface area contributed by atoms with Crippen LogP contribution < -0.4 is 5.32 Å². The number of halogens is 1. The fourth-order valence-corrected chi connectivity index (χ4v) is 6.25. The van der Waals surface area contributed by atoms with Crippen LogP contribution in [0.2, 0.25) is 0 Å². The Morgan fingerprint density at radius 3 is 2.83 bits per heavy atom. The first-order valence-corrected chi connectivity index (χ1v) is 11.6. The lowest BCUT2D eigenvalue weighted by Gasteiger charge is -2.25. The Morgan fingerprint density at radius 1 is 1.33 bits per heavy atom.